The molecule has 1 atom stereocenters. The highest BCUT2D eigenvalue weighted by Gasteiger charge is 2.61. The van der Waals surface area contributed by atoms with Crippen LogP contribution in [0.15, 0.2) is 42.9 Å². The number of hydrogen-bond donors (Lipinski definition) is 3. The van der Waals surface area contributed by atoms with Crippen LogP contribution in [0.2, 0.25) is 5.02 Å². The molecule has 2 aliphatic rings. The van der Waals surface area contributed by atoms with E-state index in [1.807, 2.05) is 10.9 Å². The number of halogens is 3. The highest BCUT2D eigenvalue weighted by molar-refractivity contribution is 6.31. The van der Waals surface area contributed by atoms with E-state index in [4.69, 9.17) is 16.3 Å². The molecule has 1 aliphatic carbocycles. The molecule has 3 heterocycles. The minimum absolute atomic E-state index is 0.0992. The number of carbonyl (C=O) groups excluding carboxylic acids is 1. The molecule has 5 rings (SSSR count). The van der Waals surface area contributed by atoms with Crippen LogP contribution in [-0.2, 0) is 4.79 Å². The van der Waals surface area contributed by atoms with Gasteiger partial charge >= 0.3 is 0 Å². The van der Waals surface area contributed by atoms with Crippen LogP contribution in [0.25, 0.3) is 0 Å². The van der Waals surface area contributed by atoms with E-state index in [-0.39, 0.29) is 16.9 Å². The molecule has 1 unspecified atom stereocenters. The third-order valence-corrected chi connectivity index (χ3v) is 5.97. The molecular formula is C22H22ClF2N7O2. The van der Waals surface area contributed by atoms with Crippen molar-refractivity contribution in [1.29, 1.82) is 0 Å². The van der Waals surface area contributed by atoms with Gasteiger partial charge in [-0.25, -0.2) is 13.8 Å². The Morgan fingerprint density at radius 2 is 2.03 bits per heavy atom. The van der Waals surface area contributed by atoms with Crippen LogP contribution in [0.5, 0.6) is 11.6 Å². The minimum atomic E-state index is -2.93. The fraction of sp³-hybridized carbons (Fsp3) is 0.364. The van der Waals surface area contributed by atoms with Crippen LogP contribution in [0.4, 0.5) is 26.1 Å². The summed E-state index contributed by atoms with van der Waals surface area (Å²) in [5.41, 5.74) is 1.06. The molecule has 178 valence electrons. The number of rotatable bonds is 7. The summed E-state index contributed by atoms with van der Waals surface area (Å²) in [4.78, 5) is 20.5. The number of nitrogens with zero attached hydrogens (tertiary/aromatic N) is 4. The Balaban J connectivity index is 1.25. The third kappa shape index (κ3) is 5.10. The van der Waals surface area contributed by atoms with E-state index >= 15 is 0 Å². The smallest absolute Gasteiger partial charge is 0.260 e. The van der Waals surface area contributed by atoms with Crippen molar-refractivity contribution in [3.8, 4) is 11.6 Å². The lowest BCUT2D eigenvalue weighted by atomic mass is 10.1. The van der Waals surface area contributed by atoms with Gasteiger partial charge in [0.2, 0.25) is 17.7 Å². The van der Waals surface area contributed by atoms with Crippen molar-refractivity contribution < 1.29 is 18.3 Å². The average molecular weight is 490 g/mol. The second kappa shape index (κ2) is 9.15. The summed E-state index contributed by atoms with van der Waals surface area (Å²) in [7, 11) is 0. The number of ether oxygens (including phenoxy) is 1. The summed E-state index contributed by atoms with van der Waals surface area (Å²) < 4.78 is 34.0. The summed E-state index contributed by atoms with van der Waals surface area (Å²) in [6, 6.07) is 6.70. The minimum Gasteiger partial charge on any atom is -0.437 e. The summed E-state index contributed by atoms with van der Waals surface area (Å²) in [5, 5.41) is 13.5. The summed E-state index contributed by atoms with van der Waals surface area (Å²) in [6.45, 7) is 1.93. The van der Waals surface area contributed by atoms with E-state index in [0.29, 0.717) is 17.5 Å². The Morgan fingerprint density at radius 1 is 1.24 bits per heavy atom. The Bertz CT molecular complexity index is 1200. The molecule has 3 aromatic rings. The Labute approximate surface area is 198 Å². The van der Waals surface area contributed by atoms with Gasteiger partial charge in [-0.15, -0.1) is 0 Å². The van der Waals surface area contributed by atoms with Crippen molar-refractivity contribution in [2.24, 2.45) is 5.92 Å². The fourth-order valence-electron chi connectivity index (χ4n) is 3.76. The summed E-state index contributed by atoms with van der Waals surface area (Å²) in [5.74, 6) is -4.25. The molecule has 3 N–H and O–H groups in total. The number of alkyl halides is 2. The van der Waals surface area contributed by atoms with Crippen LogP contribution in [-0.4, -0.2) is 44.7 Å². The van der Waals surface area contributed by atoms with Crippen molar-refractivity contribution in [2.45, 2.75) is 31.2 Å². The van der Waals surface area contributed by atoms with E-state index in [2.05, 4.69) is 31.0 Å². The van der Waals surface area contributed by atoms with E-state index in [9.17, 15) is 13.6 Å². The number of piperidine rings is 1. The Kier molecular flexibility index (Phi) is 6.05. The zero-order chi connectivity index (χ0) is 23.7. The maximum absolute atomic E-state index is 13.1. The predicted octanol–water partition coefficient (Wildman–Crippen LogP) is 4.38. The van der Waals surface area contributed by atoms with E-state index < -0.39 is 24.2 Å². The SMILES string of the molecule is O=C(Nc1cccc(Oc2nc(Nc3cnn(C4CCNCC4)c3)ncc2Cl)c1)C1CC1(F)F. The topological polar surface area (TPSA) is 106 Å². The molecule has 9 nitrogen and oxygen atoms in total. The van der Waals surface area contributed by atoms with Gasteiger partial charge < -0.3 is 20.7 Å². The molecule has 1 aromatic carbocycles. The van der Waals surface area contributed by atoms with Gasteiger partial charge in [0.15, 0.2) is 0 Å². The van der Waals surface area contributed by atoms with Gasteiger partial charge in [0, 0.05) is 24.4 Å². The molecule has 0 spiro atoms. The number of aromatic nitrogens is 4. The fourth-order valence-corrected chi connectivity index (χ4v) is 3.89. The molecule has 1 aliphatic heterocycles. The van der Waals surface area contributed by atoms with Gasteiger partial charge in [0.1, 0.15) is 16.7 Å². The molecule has 1 saturated heterocycles. The summed E-state index contributed by atoms with van der Waals surface area (Å²) >= 11 is 6.21. The largest absolute Gasteiger partial charge is 0.437 e. The normalized spacial score (nSPS) is 19.4. The third-order valence-electron chi connectivity index (χ3n) is 5.71. The number of amides is 1. The molecule has 1 saturated carbocycles. The van der Waals surface area contributed by atoms with Crippen LogP contribution >= 0.6 is 11.6 Å². The number of hydrogen-bond acceptors (Lipinski definition) is 7. The maximum Gasteiger partial charge on any atom is 0.260 e. The molecule has 2 aromatic heterocycles. The predicted molar refractivity (Wildman–Crippen MR) is 122 cm³/mol. The molecule has 2 fully saturated rings. The standard InChI is InChI=1S/C22H22ClF2N7O2/c23-18-11-27-21(30-14-10-28-32(12-14)15-4-6-26-7-5-15)31-20(18)34-16-3-1-2-13(8-16)29-19(33)17-9-22(17,24)25/h1-3,8,10-12,15,17,26H,4-7,9H2,(H,29,33)(H,27,30,31). The molecule has 1 amide bonds. The lowest BCUT2D eigenvalue weighted by molar-refractivity contribution is -0.119. The number of nitrogens with one attached hydrogen (secondary N) is 3. The molecule has 0 bridgehead atoms. The van der Waals surface area contributed by atoms with Gasteiger partial charge in [-0.1, -0.05) is 17.7 Å². The summed E-state index contributed by atoms with van der Waals surface area (Å²) in [6.07, 6.45) is 6.61. The van der Waals surface area contributed by atoms with Gasteiger partial charge in [0.05, 0.1) is 24.1 Å². The maximum atomic E-state index is 13.1. The number of anilines is 3. The van der Waals surface area contributed by atoms with Crippen molar-refractivity contribution >= 4 is 34.8 Å². The molecular weight excluding hydrogens is 468 g/mol. The van der Waals surface area contributed by atoms with Gasteiger partial charge in [-0.05, 0) is 38.1 Å². The van der Waals surface area contributed by atoms with Crippen molar-refractivity contribution in [1.82, 2.24) is 25.1 Å². The first-order valence-corrected chi connectivity index (χ1v) is 11.3. The zero-order valence-electron chi connectivity index (χ0n) is 18.0. The zero-order valence-corrected chi connectivity index (χ0v) is 18.7. The first-order valence-electron chi connectivity index (χ1n) is 10.9. The molecule has 34 heavy (non-hydrogen) atoms. The van der Waals surface area contributed by atoms with E-state index in [0.717, 1.165) is 31.6 Å². The van der Waals surface area contributed by atoms with E-state index in [1.165, 1.54) is 12.3 Å². The van der Waals surface area contributed by atoms with Crippen LogP contribution in [0.1, 0.15) is 25.3 Å². The second-order valence-electron chi connectivity index (χ2n) is 8.30. The number of carbonyl (C=O) groups is 1. The van der Waals surface area contributed by atoms with Crippen molar-refractivity contribution in [2.75, 3.05) is 23.7 Å². The first-order chi connectivity index (χ1) is 16.4. The lowest BCUT2D eigenvalue weighted by Crippen LogP contribution is -2.29. The quantitative estimate of drug-likeness (QED) is 0.452. The highest BCUT2D eigenvalue weighted by Crippen LogP contribution is 2.49. The van der Waals surface area contributed by atoms with Gasteiger partial charge in [-0.3, -0.25) is 9.48 Å². The first kappa shape index (κ1) is 22.5. The van der Waals surface area contributed by atoms with Gasteiger partial charge in [-0.2, -0.15) is 10.1 Å². The Hall–Kier alpha value is -3.31. The van der Waals surface area contributed by atoms with Crippen LogP contribution in [0.3, 0.4) is 0 Å². The van der Waals surface area contributed by atoms with Crippen molar-refractivity contribution in [3.05, 3.63) is 47.9 Å². The van der Waals surface area contributed by atoms with E-state index in [1.54, 1.807) is 24.4 Å². The lowest BCUT2D eigenvalue weighted by Gasteiger charge is -2.22. The molecule has 0 radical (unpaired) electrons. The molecule has 12 heteroatoms. The van der Waals surface area contributed by atoms with Crippen molar-refractivity contribution in [3.63, 3.8) is 0 Å². The average Bonchev–Trinajstić information content (AvgIpc) is 3.23. The Morgan fingerprint density at radius 3 is 2.79 bits per heavy atom. The number of benzene rings is 1. The monoisotopic (exact) mass is 489 g/mol. The van der Waals surface area contributed by atoms with Crippen LogP contribution in [0, 0.1) is 5.92 Å². The second-order valence-corrected chi connectivity index (χ2v) is 8.71. The van der Waals surface area contributed by atoms with Crippen LogP contribution < -0.4 is 20.7 Å². The highest BCUT2D eigenvalue weighted by atomic mass is 35.5. The van der Waals surface area contributed by atoms with Gasteiger partial charge in [0.25, 0.3) is 5.92 Å².